The SMILES string of the molecule is CC(C)Cn1c(=O)n(C)c(=O)c2c(-c3ccncc3)n(Cc3csc4ccc(F)cc34)nc21. The molecule has 0 radical (unpaired) electrons. The van der Waals surface area contributed by atoms with Crippen LogP contribution >= 0.6 is 11.3 Å². The minimum Gasteiger partial charge on any atom is -0.276 e. The third-order valence-electron chi connectivity index (χ3n) is 5.66. The molecule has 5 rings (SSSR count). The van der Waals surface area contributed by atoms with Gasteiger partial charge in [0, 0.05) is 41.6 Å². The molecule has 0 N–H and O–H groups in total. The molecule has 7 nitrogen and oxygen atoms in total. The Balaban J connectivity index is 1.83. The zero-order valence-electron chi connectivity index (χ0n) is 18.4. The van der Waals surface area contributed by atoms with E-state index in [-0.39, 0.29) is 11.7 Å². The van der Waals surface area contributed by atoms with E-state index in [1.54, 1.807) is 27.7 Å². The van der Waals surface area contributed by atoms with Crippen molar-refractivity contribution in [3.63, 3.8) is 0 Å². The minimum atomic E-state index is -0.394. The Morgan fingerprint density at radius 1 is 1.12 bits per heavy atom. The topological polar surface area (TPSA) is 74.7 Å². The van der Waals surface area contributed by atoms with E-state index in [0.717, 1.165) is 25.8 Å². The molecule has 0 aliphatic rings. The van der Waals surface area contributed by atoms with Crippen molar-refractivity contribution in [3.05, 3.63) is 80.3 Å². The van der Waals surface area contributed by atoms with Gasteiger partial charge in [-0.3, -0.25) is 23.6 Å². The predicted octanol–water partition coefficient (Wildman–Crippen LogP) is 4.02. The number of hydrogen-bond acceptors (Lipinski definition) is 5. The normalized spacial score (nSPS) is 11.8. The molecule has 4 aromatic heterocycles. The third-order valence-corrected chi connectivity index (χ3v) is 6.68. The first-order valence-corrected chi connectivity index (χ1v) is 11.5. The van der Waals surface area contributed by atoms with Crippen LogP contribution in [-0.4, -0.2) is 23.9 Å². The van der Waals surface area contributed by atoms with Crippen molar-refractivity contribution in [2.24, 2.45) is 13.0 Å². The van der Waals surface area contributed by atoms with E-state index in [0.29, 0.717) is 29.8 Å². The Morgan fingerprint density at radius 3 is 2.61 bits per heavy atom. The Bertz CT molecular complexity index is 1610. The summed E-state index contributed by atoms with van der Waals surface area (Å²) in [6, 6.07) is 8.36. The Morgan fingerprint density at radius 2 is 1.88 bits per heavy atom. The Labute approximate surface area is 192 Å². The molecule has 0 amide bonds. The van der Waals surface area contributed by atoms with Crippen LogP contribution in [0.25, 0.3) is 32.4 Å². The minimum absolute atomic E-state index is 0.182. The maximum atomic E-state index is 14.0. The first-order chi connectivity index (χ1) is 15.8. The van der Waals surface area contributed by atoms with Crippen LogP contribution < -0.4 is 11.2 Å². The predicted molar refractivity (Wildman–Crippen MR) is 128 cm³/mol. The first kappa shape index (κ1) is 21.3. The average molecular weight is 464 g/mol. The highest BCUT2D eigenvalue weighted by atomic mass is 32.1. The maximum absolute atomic E-state index is 14.0. The van der Waals surface area contributed by atoms with Crippen LogP contribution in [0.5, 0.6) is 0 Å². The lowest BCUT2D eigenvalue weighted by Gasteiger charge is -2.11. The molecular formula is C24H22FN5O2S. The number of fused-ring (bicyclic) bond motifs is 2. The zero-order valence-corrected chi connectivity index (χ0v) is 19.3. The quantitative estimate of drug-likeness (QED) is 0.395. The molecule has 0 bridgehead atoms. The van der Waals surface area contributed by atoms with Gasteiger partial charge < -0.3 is 0 Å². The molecule has 0 aliphatic heterocycles. The van der Waals surface area contributed by atoms with E-state index in [1.807, 2.05) is 31.4 Å². The number of hydrogen-bond donors (Lipinski definition) is 0. The summed E-state index contributed by atoms with van der Waals surface area (Å²) < 4.78 is 19.4. The molecule has 4 heterocycles. The van der Waals surface area contributed by atoms with Crippen molar-refractivity contribution in [1.82, 2.24) is 23.9 Å². The fourth-order valence-electron chi connectivity index (χ4n) is 4.15. The van der Waals surface area contributed by atoms with Gasteiger partial charge in [0.05, 0.1) is 12.2 Å². The summed E-state index contributed by atoms with van der Waals surface area (Å²) in [5.74, 6) is -0.122. The van der Waals surface area contributed by atoms with Crippen molar-refractivity contribution in [3.8, 4) is 11.3 Å². The second kappa shape index (κ2) is 8.08. The van der Waals surface area contributed by atoms with Crippen LogP contribution in [0.1, 0.15) is 19.4 Å². The summed E-state index contributed by atoms with van der Waals surface area (Å²) in [6.45, 7) is 4.78. The number of nitrogens with zero attached hydrogens (tertiary/aromatic N) is 5. The van der Waals surface area contributed by atoms with Gasteiger partial charge in [-0.2, -0.15) is 5.10 Å². The lowest BCUT2D eigenvalue weighted by Crippen LogP contribution is -2.38. The van der Waals surface area contributed by atoms with Crippen molar-refractivity contribution in [1.29, 1.82) is 0 Å². The second-order valence-electron chi connectivity index (χ2n) is 8.49. The summed E-state index contributed by atoms with van der Waals surface area (Å²) in [4.78, 5) is 30.3. The highest BCUT2D eigenvalue weighted by Crippen LogP contribution is 2.31. The molecule has 0 aliphatic carbocycles. The first-order valence-electron chi connectivity index (χ1n) is 10.6. The summed E-state index contributed by atoms with van der Waals surface area (Å²) in [5.41, 5.74) is 1.84. The number of thiophene rings is 1. The van der Waals surface area contributed by atoms with E-state index >= 15 is 0 Å². The van der Waals surface area contributed by atoms with Gasteiger partial charge in [0.2, 0.25) is 0 Å². The number of halogens is 1. The Hall–Kier alpha value is -3.59. The maximum Gasteiger partial charge on any atom is 0.332 e. The van der Waals surface area contributed by atoms with Crippen LogP contribution in [0.4, 0.5) is 4.39 Å². The van der Waals surface area contributed by atoms with Crippen molar-refractivity contribution < 1.29 is 4.39 Å². The van der Waals surface area contributed by atoms with E-state index in [2.05, 4.69) is 4.98 Å². The number of rotatable bonds is 5. The fraction of sp³-hybridized carbons (Fsp3) is 0.250. The third kappa shape index (κ3) is 3.58. The average Bonchev–Trinajstić information content (AvgIpc) is 3.37. The Kier molecular flexibility index (Phi) is 5.20. The van der Waals surface area contributed by atoms with Crippen LogP contribution in [0, 0.1) is 11.7 Å². The molecule has 0 spiro atoms. The van der Waals surface area contributed by atoms with E-state index in [9.17, 15) is 14.0 Å². The lowest BCUT2D eigenvalue weighted by molar-refractivity contribution is 0.498. The highest BCUT2D eigenvalue weighted by Gasteiger charge is 2.23. The highest BCUT2D eigenvalue weighted by molar-refractivity contribution is 7.17. The van der Waals surface area contributed by atoms with Gasteiger partial charge in [0.1, 0.15) is 11.2 Å². The van der Waals surface area contributed by atoms with Crippen LogP contribution in [-0.2, 0) is 20.1 Å². The molecule has 0 saturated carbocycles. The van der Waals surface area contributed by atoms with Gasteiger partial charge in [-0.15, -0.1) is 11.3 Å². The van der Waals surface area contributed by atoms with Crippen molar-refractivity contribution in [2.45, 2.75) is 26.9 Å². The standard InChI is InChI=1S/C24H22FN5O2S/c1-14(2)11-29-22-20(23(31)28(3)24(29)32)21(15-6-8-26-9-7-15)30(27-22)12-16-13-33-19-5-4-17(25)10-18(16)19/h4-10,13-14H,11-12H2,1-3H3. The summed E-state index contributed by atoms with van der Waals surface area (Å²) in [6.07, 6.45) is 3.31. The van der Waals surface area contributed by atoms with E-state index < -0.39 is 11.2 Å². The van der Waals surface area contributed by atoms with E-state index in [1.165, 1.54) is 30.5 Å². The van der Waals surface area contributed by atoms with Gasteiger partial charge in [-0.1, -0.05) is 13.8 Å². The fourth-order valence-corrected chi connectivity index (χ4v) is 5.08. The van der Waals surface area contributed by atoms with Crippen molar-refractivity contribution >= 4 is 32.5 Å². The molecule has 5 aromatic rings. The van der Waals surface area contributed by atoms with Gasteiger partial charge in [0.25, 0.3) is 5.56 Å². The van der Waals surface area contributed by atoms with Gasteiger partial charge in [-0.25, -0.2) is 9.18 Å². The molecule has 0 atom stereocenters. The van der Waals surface area contributed by atoms with Crippen molar-refractivity contribution in [2.75, 3.05) is 0 Å². The smallest absolute Gasteiger partial charge is 0.276 e. The molecule has 0 saturated heterocycles. The monoisotopic (exact) mass is 463 g/mol. The molecule has 1 aromatic carbocycles. The molecule has 33 heavy (non-hydrogen) atoms. The lowest BCUT2D eigenvalue weighted by atomic mass is 10.1. The molecule has 0 fully saturated rings. The molecule has 9 heteroatoms. The van der Waals surface area contributed by atoms with Gasteiger partial charge >= 0.3 is 5.69 Å². The van der Waals surface area contributed by atoms with Gasteiger partial charge in [-0.05, 0) is 47.2 Å². The van der Waals surface area contributed by atoms with Crippen LogP contribution in [0.15, 0.2) is 57.7 Å². The van der Waals surface area contributed by atoms with E-state index in [4.69, 9.17) is 5.10 Å². The number of aromatic nitrogens is 5. The molecule has 168 valence electrons. The van der Waals surface area contributed by atoms with Crippen LogP contribution in [0.3, 0.4) is 0 Å². The summed E-state index contributed by atoms with van der Waals surface area (Å²) >= 11 is 1.53. The van der Waals surface area contributed by atoms with Crippen LogP contribution in [0.2, 0.25) is 0 Å². The second-order valence-corrected chi connectivity index (χ2v) is 9.40. The summed E-state index contributed by atoms with van der Waals surface area (Å²) in [7, 11) is 1.49. The molecular weight excluding hydrogens is 441 g/mol. The largest absolute Gasteiger partial charge is 0.332 e. The summed E-state index contributed by atoms with van der Waals surface area (Å²) in [5, 5.41) is 7.94. The number of pyridine rings is 1. The zero-order chi connectivity index (χ0) is 23.3. The van der Waals surface area contributed by atoms with Gasteiger partial charge in [0.15, 0.2) is 5.65 Å². The molecule has 0 unspecified atom stereocenters. The number of benzene rings is 1.